The third-order valence-corrected chi connectivity index (χ3v) is 11.7. The van der Waals surface area contributed by atoms with Crippen LogP contribution in [0, 0.1) is 0 Å². The van der Waals surface area contributed by atoms with E-state index in [2.05, 4.69) is 13.8 Å². The van der Waals surface area contributed by atoms with Crippen molar-refractivity contribution in [1.82, 2.24) is 0 Å². The predicted octanol–water partition coefficient (Wildman–Crippen LogP) is 5.60. The van der Waals surface area contributed by atoms with Gasteiger partial charge in [0.15, 0.2) is 12.1 Å². The molecule has 0 aromatic heterocycles. The topological polar surface area (TPSA) is 189 Å². The number of hydrogen-bond acceptors (Lipinski definition) is 12. The van der Waals surface area contributed by atoms with Crippen molar-refractivity contribution < 1.29 is 86.4 Å². The standard InChI is InChI=1S/C44H84O12S.Na/c1-3-5-7-9-11-13-15-17-18-20-22-24-26-28-30-32-40(46)54-34-38(35-55-44-43(49)42(48)41(47)39(56-44)36-57(50,51)52)53-33-37(45)31-29-27-25-23-21-19-16-14-12-10-8-6-4-2;/h38-39,41-44,47-49H,3-36H2,1-2H3,(H,50,51,52);/q;+1/p-1/t38-,39-,41-,42+,43-,44?;/m1./s1. The summed E-state index contributed by atoms with van der Waals surface area (Å²) in [5, 5.41) is 30.8. The molecule has 0 spiro atoms. The average molecular weight is 859 g/mol. The Kier molecular flexibility index (Phi) is 38.4. The quantitative estimate of drug-likeness (QED) is 0.0300. The molecule has 1 heterocycles. The molecular weight excluding hydrogens is 776 g/mol. The zero-order valence-corrected chi connectivity index (χ0v) is 39.7. The van der Waals surface area contributed by atoms with Crippen LogP contribution in [0.3, 0.4) is 0 Å². The maximum Gasteiger partial charge on any atom is 1.00 e. The first-order chi connectivity index (χ1) is 27.5. The first kappa shape index (κ1) is 57.8. The Balaban J connectivity index is 0.0000325. The fraction of sp³-hybridized carbons (Fsp3) is 0.955. The van der Waals surface area contributed by atoms with Gasteiger partial charge in [-0.3, -0.25) is 9.59 Å². The minimum Gasteiger partial charge on any atom is -0.748 e. The average Bonchev–Trinajstić information content (AvgIpc) is 3.17. The van der Waals surface area contributed by atoms with Crippen molar-refractivity contribution in [3.8, 4) is 0 Å². The summed E-state index contributed by atoms with van der Waals surface area (Å²) in [7, 11) is -4.84. The number of aliphatic hydroxyl groups excluding tert-OH is 3. The summed E-state index contributed by atoms with van der Waals surface area (Å²) in [6.45, 7) is 3.65. The van der Waals surface area contributed by atoms with Crippen LogP contribution in [0.2, 0.25) is 0 Å². The summed E-state index contributed by atoms with van der Waals surface area (Å²) in [6.07, 6.45) is 24.9. The van der Waals surface area contributed by atoms with Crippen LogP contribution in [-0.2, 0) is 38.7 Å². The number of carbonyl (C=O) groups excluding carboxylic acids is 2. The third kappa shape index (κ3) is 32.5. The summed E-state index contributed by atoms with van der Waals surface area (Å²) in [4.78, 5) is 25.3. The van der Waals surface area contributed by atoms with Gasteiger partial charge in [0.1, 0.15) is 43.7 Å². The van der Waals surface area contributed by atoms with Crippen LogP contribution < -0.4 is 29.6 Å². The van der Waals surface area contributed by atoms with Gasteiger partial charge in [-0.05, 0) is 12.8 Å². The molecular formula is C44H83NaO12S. The van der Waals surface area contributed by atoms with Crippen molar-refractivity contribution in [2.24, 2.45) is 0 Å². The number of Topliss-reactive ketones (excluding diaryl/α,β-unsaturated/α-hetero) is 1. The SMILES string of the molecule is CCCCCCCCCCCCCCCCCC(=O)OC[C@H](COC1O[C@H](CS(=O)(=O)[O-])[C@@H](O)[C@H](O)[C@H]1O)OCC(=O)CCCCCCCCCCCCCCC.[Na+]. The van der Waals surface area contributed by atoms with Crippen LogP contribution in [0.1, 0.15) is 206 Å². The van der Waals surface area contributed by atoms with Crippen LogP contribution in [-0.4, -0.2) is 102 Å². The second kappa shape index (κ2) is 38.5. The van der Waals surface area contributed by atoms with Gasteiger partial charge in [0, 0.05) is 12.8 Å². The van der Waals surface area contributed by atoms with Gasteiger partial charge in [-0.2, -0.15) is 0 Å². The molecule has 58 heavy (non-hydrogen) atoms. The molecule has 0 aromatic rings. The van der Waals surface area contributed by atoms with E-state index in [9.17, 15) is 37.9 Å². The maximum absolute atomic E-state index is 12.7. The van der Waals surface area contributed by atoms with E-state index in [0.717, 1.165) is 44.9 Å². The summed E-state index contributed by atoms with van der Waals surface area (Å²) >= 11 is 0. The van der Waals surface area contributed by atoms with Gasteiger partial charge in [-0.25, -0.2) is 8.42 Å². The van der Waals surface area contributed by atoms with Crippen LogP contribution in [0.15, 0.2) is 0 Å². The molecule has 6 atom stereocenters. The molecule has 1 aliphatic heterocycles. The number of carbonyl (C=O) groups is 2. The van der Waals surface area contributed by atoms with Gasteiger partial charge in [0.2, 0.25) is 0 Å². The minimum atomic E-state index is -4.84. The van der Waals surface area contributed by atoms with Gasteiger partial charge in [0.05, 0.1) is 22.5 Å². The summed E-state index contributed by atoms with van der Waals surface area (Å²) in [5.41, 5.74) is 0. The number of ketones is 1. The minimum absolute atomic E-state index is 0. The van der Waals surface area contributed by atoms with Crippen LogP contribution in [0.5, 0.6) is 0 Å². The van der Waals surface area contributed by atoms with Gasteiger partial charge >= 0.3 is 35.5 Å². The summed E-state index contributed by atoms with van der Waals surface area (Å²) in [6, 6.07) is 0. The Morgan fingerprint density at radius 2 is 0.983 bits per heavy atom. The normalized spacial score (nSPS) is 20.1. The molecule has 1 fully saturated rings. The molecule has 0 amide bonds. The van der Waals surface area contributed by atoms with Gasteiger partial charge < -0.3 is 38.8 Å². The molecule has 338 valence electrons. The summed E-state index contributed by atoms with van der Waals surface area (Å²) < 4.78 is 56.1. The number of esters is 1. The summed E-state index contributed by atoms with van der Waals surface area (Å²) in [5.74, 6) is -1.66. The van der Waals surface area contributed by atoms with Crippen LogP contribution >= 0.6 is 0 Å². The van der Waals surface area contributed by atoms with Crippen molar-refractivity contribution in [2.45, 2.75) is 243 Å². The largest absolute Gasteiger partial charge is 1.00 e. The van der Waals surface area contributed by atoms with Gasteiger partial charge in [0.25, 0.3) is 0 Å². The van der Waals surface area contributed by atoms with E-state index < -0.39 is 58.7 Å². The number of ether oxygens (including phenoxy) is 4. The molecule has 0 aliphatic carbocycles. The van der Waals surface area contributed by atoms with Gasteiger partial charge in [-0.15, -0.1) is 0 Å². The molecule has 1 aliphatic rings. The van der Waals surface area contributed by atoms with E-state index in [1.165, 1.54) is 128 Å². The second-order valence-electron chi connectivity index (χ2n) is 16.4. The Morgan fingerprint density at radius 1 is 0.586 bits per heavy atom. The monoisotopic (exact) mass is 859 g/mol. The molecule has 0 bridgehead atoms. The predicted molar refractivity (Wildman–Crippen MR) is 223 cm³/mol. The molecule has 12 nitrogen and oxygen atoms in total. The first-order valence-corrected chi connectivity index (χ1v) is 24.6. The number of aliphatic hydroxyl groups is 3. The van der Waals surface area contributed by atoms with Crippen molar-refractivity contribution in [3.63, 3.8) is 0 Å². The Bertz CT molecular complexity index is 1080. The fourth-order valence-corrected chi connectivity index (χ4v) is 7.94. The third-order valence-electron chi connectivity index (χ3n) is 10.9. The molecule has 14 heteroatoms. The number of hydrogen-bond donors (Lipinski definition) is 3. The molecule has 1 rings (SSSR count). The molecule has 0 radical (unpaired) electrons. The fourth-order valence-electron chi connectivity index (χ4n) is 7.26. The van der Waals surface area contributed by atoms with Crippen molar-refractivity contribution in [2.75, 3.05) is 25.6 Å². The first-order valence-electron chi connectivity index (χ1n) is 23.0. The van der Waals surface area contributed by atoms with E-state index >= 15 is 0 Å². The molecule has 1 saturated heterocycles. The smallest absolute Gasteiger partial charge is 0.748 e. The number of rotatable bonds is 40. The molecule has 0 saturated carbocycles. The van der Waals surface area contributed by atoms with E-state index in [0.29, 0.717) is 12.8 Å². The van der Waals surface area contributed by atoms with Crippen molar-refractivity contribution >= 4 is 21.9 Å². The van der Waals surface area contributed by atoms with Crippen LogP contribution in [0.4, 0.5) is 0 Å². The Labute approximate surface area is 375 Å². The molecule has 1 unspecified atom stereocenters. The zero-order chi connectivity index (χ0) is 42.0. The molecule has 3 N–H and O–H groups in total. The molecule has 0 aromatic carbocycles. The van der Waals surface area contributed by atoms with Crippen molar-refractivity contribution in [1.29, 1.82) is 0 Å². The Morgan fingerprint density at radius 3 is 1.40 bits per heavy atom. The van der Waals surface area contributed by atoms with E-state index in [-0.39, 0.29) is 61.6 Å². The zero-order valence-electron chi connectivity index (χ0n) is 36.9. The maximum atomic E-state index is 12.7. The number of unbranched alkanes of at least 4 members (excludes halogenated alkanes) is 26. The second-order valence-corrected chi connectivity index (χ2v) is 17.9. The van der Waals surface area contributed by atoms with E-state index in [4.69, 9.17) is 18.9 Å². The van der Waals surface area contributed by atoms with E-state index in [1.54, 1.807) is 0 Å². The Hall–Kier alpha value is -0.190. The van der Waals surface area contributed by atoms with Gasteiger partial charge in [-0.1, -0.05) is 181 Å². The van der Waals surface area contributed by atoms with Crippen molar-refractivity contribution in [3.05, 3.63) is 0 Å². The van der Waals surface area contributed by atoms with E-state index in [1.807, 2.05) is 0 Å². The van der Waals surface area contributed by atoms with Crippen LogP contribution in [0.25, 0.3) is 0 Å².